The summed E-state index contributed by atoms with van der Waals surface area (Å²) in [5, 5.41) is 17.4. The van der Waals surface area contributed by atoms with Crippen LogP contribution in [0.4, 0.5) is 0 Å². The summed E-state index contributed by atoms with van der Waals surface area (Å²) in [6.45, 7) is -0.550. The number of hydrogen-bond acceptors (Lipinski definition) is 7. The molecule has 0 heterocycles. The van der Waals surface area contributed by atoms with Gasteiger partial charge < -0.3 is 44.0 Å². The maximum atomic E-state index is 13.2. The standard InChI is InChI=1S/C27H38N8O5/c28-19(14-17-8-3-1-4-9-17)24(38)34-21(15-18-10-5-2-6-11-18)25(39)35-22(16-36)26(40)33-20(23(29)37)12-7-13-32-27(30)31/h1-6,8-11,19-22,36H,7,12-16,28H2,(H2,29,37)(H,33,40)(H,34,38)(H,35,39)(H4,30,31,32)/t19-,20-,21-,22-/m0/s1. The number of amides is 4. The monoisotopic (exact) mass is 554 g/mol. The highest BCUT2D eigenvalue weighted by molar-refractivity contribution is 5.94. The molecule has 0 saturated carbocycles. The number of carbonyl (C=O) groups excluding carboxylic acids is 4. The molecule has 0 fully saturated rings. The lowest BCUT2D eigenvalue weighted by atomic mass is 10.0. The molecule has 0 aromatic heterocycles. The van der Waals surface area contributed by atoms with Gasteiger partial charge in [0.25, 0.3) is 0 Å². The molecule has 0 aliphatic heterocycles. The maximum absolute atomic E-state index is 13.2. The van der Waals surface area contributed by atoms with Gasteiger partial charge in [0, 0.05) is 13.0 Å². The number of aliphatic hydroxyl groups excluding tert-OH is 1. The second kappa shape index (κ2) is 16.5. The van der Waals surface area contributed by atoms with Gasteiger partial charge in [0.05, 0.1) is 12.6 Å². The second-order valence-corrected chi connectivity index (χ2v) is 9.20. The predicted molar refractivity (Wildman–Crippen MR) is 150 cm³/mol. The number of nitrogens with zero attached hydrogens (tertiary/aromatic N) is 1. The summed E-state index contributed by atoms with van der Waals surface area (Å²) >= 11 is 0. The minimum absolute atomic E-state index is 0.102. The SMILES string of the molecule is NC(=O)[C@H](CCCN=C(N)N)NC(=O)[C@H](CO)NC(=O)[C@H](Cc1ccccc1)NC(=O)[C@@H](N)Cc1ccccc1. The number of hydrogen-bond donors (Lipinski definition) is 8. The van der Waals surface area contributed by atoms with Gasteiger partial charge in [0.1, 0.15) is 18.1 Å². The van der Waals surface area contributed by atoms with Crippen molar-refractivity contribution in [2.45, 2.75) is 49.9 Å². The summed E-state index contributed by atoms with van der Waals surface area (Å²) in [6, 6.07) is 13.6. The number of nitrogens with one attached hydrogen (secondary N) is 3. The molecule has 13 heteroatoms. The Morgan fingerprint density at radius 2 is 1.23 bits per heavy atom. The smallest absolute Gasteiger partial charge is 0.245 e. The number of aliphatic imine (C=N–C) groups is 1. The van der Waals surface area contributed by atoms with Crippen LogP contribution in [0.25, 0.3) is 0 Å². The van der Waals surface area contributed by atoms with Gasteiger partial charge in [-0.25, -0.2) is 0 Å². The quantitative estimate of drug-likeness (QED) is 0.0640. The Morgan fingerprint density at radius 3 is 1.75 bits per heavy atom. The second-order valence-electron chi connectivity index (χ2n) is 9.20. The first-order valence-electron chi connectivity index (χ1n) is 12.8. The Bertz CT molecular complexity index is 1140. The van der Waals surface area contributed by atoms with Gasteiger partial charge in [-0.15, -0.1) is 0 Å². The van der Waals surface area contributed by atoms with E-state index in [9.17, 15) is 24.3 Å². The molecule has 0 spiro atoms. The summed E-state index contributed by atoms with van der Waals surface area (Å²) in [4.78, 5) is 54.6. The normalized spacial score (nSPS) is 13.7. The highest BCUT2D eigenvalue weighted by Crippen LogP contribution is 2.07. The number of aliphatic hydroxyl groups is 1. The van der Waals surface area contributed by atoms with Crippen molar-refractivity contribution < 1.29 is 24.3 Å². The molecular weight excluding hydrogens is 516 g/mol. The lowest BCUT2D eigenvalue weighted by Crippen LogP contribution is -2.59. The third-order valence-electron chi connectivity index (χ3n) is 5.97. The van der Waals surface area contributed by atoms with E-state index in [4.69, 9.17) is 22.9 Å². The molecule has 40 heavy (non-hydrogen) atoms. The van der Waals surface area contributed by atoms with Crippen molar-refractivity contribution in [2.75, 3.05) is 13.2 Å². The molecule has 216 valence electrons. The van der Waals surface area contributed by atoms with Crippen molar-refractivity contribution in [3.05, 3.63) is 71.8 Å². The zero-order chi connectivity index (χ0) is 29.5. The average Bonchev–Trinajstić information content (AvgIpc) is 2.93. The van der Waals surface area contributed by atoms with Crippen LogP contribution in [0.1, 0.15) is 24.0 Å². The van der Waals surface area contributed by atoms with E-state index < -0.39 is 54.4 Å². The van der Waals surface area contributed by atoms with Gasteiger partial charge in [-0.3, -0.25) is 24.2 Å². The summed E-state index contributed by atoms with van der Waals surface area (Å²) in [5.74, 6) is -3.02. The van der Waals surface area contributed by atoms with Crippen LogP contribution in [0.5, 0.6) is 0 Å². The van der Waals surface area contributed by atoms with Crippen LogP contribution in [0.3, 0.4) is 0 Å². The fourth-order valence-electron chi connectivity index (χ4n) is 3.83. The van der Waals surface area contributed by atoms with E-state index in [-0.39, 0.29) is 31.8 Å². The Labute approximate surface area is 232 Å². The van der Waals surface area contributed by atoms with E-state index in [0.717, 1.165) is 11.1 Å². The summed E-state index contributed by atoms with van der Waals surface area (Å²) < 4.78 is 0. The van der Waals surface area contributed by atoms with Gasteiger partial charge >= 0.3 is 0 Å². The van der Waals surface area contributed by atoms with Crippen molar-refractivity contribution in [1.82, 2.24) is 16.0 Å². The molecule has 4 atom stereocenters. The highest BCUT2D eigenvalue weighted by atomic mass is 16.3. The summed E-state index contributed by atoms with van der Waals surface area (Å²) in [7, 11) is 0. The third-order valence-corrected chi connectivity index (χ3v) is 5.97. The molecule has 12 N–H and O–H groups in total. The van der Waals surface area contributed by atoms with Crippen LogP contribution >= 0.6 is 0 Å². The van der Waals surface area contributed by atoms with Crippen LogP contribution < -0.4 is 38.9 Å². The zero-order valence-electron chi connectivity index (χ0n) is 22.2. The Hall–Kier alpha value is -4.49. The van der Waals surface area contributed by atoms with E-state index in [0.29, 0.717) is 6.42 Å². The topological polar surface area (TPSA) is 241 Å². The fraction of sp³-hybridized carbons (Fsp3) is 0.370. The Kier molecular flexibility index (Phi) is 13.1. The van der Waals surface area contributed by atoms with Crippen molar-refractivity contribution in [3.63, 3.8) is 0 Å². The first-order valence-corrected chi connectivity index (χ1v) is 12.8. The van der Waals surface area contributed by atoms with E-state index in [1.165, 1.54) is 0 Å². The molecule has 2 rings (SSSR count). The van der Waals surface area contributed by atoms with E-state index >= 15 is 0 Å². The molecule has 4 amide bonds. The van der Waals surface area contributed by atoms with Crippen LogP contribution in [-0.2, 0) is 32.0 Å². The molecule has 0 bridgehead atoms. The molecular formula is C27H38N8O5. The molecule has 2 aromatic carbocycles. The average molecular weight is 555 g/mol. The number of guanidine groups is 1. The first kappa shape index (κ1) is 31.7. The number of nitrogens with two attached hydrogens (primary N) is 4. The number of primary amides is 1. The molecule has 0 aliphatic rings. The molecule has 0 radical (unpaired) electrons. The molecule has 0 unspecified atom stereocenters. The predicted octanol–water partition coefficient (Wildman–Crippen LogP) is -2.22. The van der Waals surface area contributed by atoms with Crippen molar-refractivity contribution in [2.24, 2.45) is 27.9 Å². The van der Waals surface area contributed by atoms with Crippen LogP contribution in [0.2, 0.25) is 0 Å². The molecule has 2 aromatic rings. The first-order chi connectivity index (χ1) is 19.1. The fourth-order valence-corrected chi connectivity index (χ4v) is 3.83. The summed E-state index contributed by atoms with van der Waals surface area (Å²) in [6.07, 6.45) is 0.836. The number of rotatable bonds is 16. The van der Waals surface area contributed by atoms with Gasteiger partial charge in [-0.1, -0.05) is 60.7 Å². The minimum atomic E-state index is -1.42. The van der Waals surface area contributed by atoms with Crippen LogP contribution in [-0.4, -0.2) is 72.0 Å². The van der Waals surface area contributed by atoms with Crippen LogP contribution in [0, 0.1) is 0 Å². The lowest BCUT2D eigenvalue weighted by molar-refractivity contribution is -0.134. The van der Waals surface area contributed by atoms with E-state index in [1.807, 2.05) is 36.4 Å². The molecule has 0 saturated heterocycles. The Morgan fingerprint density at radius 1 is 0.725 bits per heavy atom. The van der Waals surface area contributed by atoms with Crippen molar-refractivity contribution >= 4 is 29.6 Å². The van der Waals surface area contributed by atoms with Gasteiger partial charge in [0.2, 0.25) is 23.6 Å². The minimum Gasteiger partial charge on any atom is -0.394 e. The van der Waals surface area contributed by atoms with Gasteiger partial charge in [-0.2, -0.15) is 0 Å². The number of benzene rings is 2. The molecule has 13 nitrogen and oxygen atoms in total. The maximum Gasteiger partial charge on any atom is 0.245 e. The third kappa shape index (κ3) is 11.1. The van der Waals surface area contributed by atoms with Gasteiger partial charge in [0.15, 0.2) is 5.96 Å². The van der Waals surface area contributed by atoms with Crippen LogP contribution in [0.15, 0.2) is 65.7 Å². The summed E-state index contributed by atoms with van der Waals surface area (Å²) in [5.41, 5.74) is 23.6. The van der Waals surface area contributed by atoms with Crippen molar-refractivity contribution in [3.8, 4) is 0 Å². The van der Waals surface area contributed by atoms with E-state index in [2.05, 4.69) is 20.9 Å². The van der Waals surface area contributed by atoms with E-state index in [1.54, 1.807) is 24.3 Å². The number of carbonyl (C=O) groups is 4. The Balaban J connectivity index is 2.09. The lowest BCUT2D eigenvalue weighted by Gasteiger charge is -2.24. The zero-order valence-corrected chi connectivity index (χ0v) is 22.2. The highest BCUT2D eigenvalue weighted by Gasteiger charge is 2.29. The van der Waals surface area contributed by atoms with Crippen molar-refractivity contribution in [1.29, 1.82) is 0 Å². The molecule has 0 aliphatic carbocycles. The largest absolute Gasteiger partial charge is 0.394 e. The van der Waals surface area contributed by atoms with Gasteiger partial charge in [-0.05, 0) is 30.4 Å².